The third-order valence-electron chi connectivity index (χ3n) is 8.73. The van der Waals surface area contributed by atoms with E-state index in [9.17, 15) is 5.11 Å². The van der Waals surface area contributed by atoms with Gasteiger partial charge >= 0.3 is 0 Å². The summed E-state index contributed by atoms with van der Waals surface area (Å²) in [6, 6.07) is 0. The molecule has 0 aromatic carbocycles. The largest absolute Gasteiger partial charge is 0.393 e. The van der Waals surface area contributed by atoms with Crippen LogP contribution >= 0.6 is 0 Å². The van der Waals surface area contributed by atoms with Crippen molar-refractivity contribution in [3.05, 3.63) is 34.4 Å². The van der Waals surface area contributed by atoms with Gasteiger partial charge in [0.25, 0.3) is 0 Å². The van der Waals surface area contributed by atoms with Crippen molar-refractivity contribution in [1.29, 1.82) is 0 Å². The zero-order chi connectivity index (χ0) is 23.6. The van der Waals surface area contributed by atoms with E-state index in [2.05, 4.69) is 50.5 Å². The van der Waals surface area contributed by atoms with Gasteiger partial charge in [-0.05, 0) is 68.1 Å². The van der Waals surface area contributed by atoms with Gasteiger partial charge in [0.1, 0.15) is 0 Å². The second kappa shape index (κ2) is 10.3. The lowest BCUT2D eigenvalue weighted by Crippen LogP contribution is -2.46. The molecule has 1 heterocycles. The summed E-state index contributed by atoms with van der Waals surface area (Å²) >= 11 is 0. The summed E-state index contributed by atoms with van der Waals surface area (Å²) in [5.41, 5.74) is 6.42. The van der Waals surface area contributed by atoms with Crippen LogP contribution in [-0.2, 0) is 9.47 Å². The summed E-state index contributed by atoms with van der Waals surface area (Å²) in [6.07, 6.45) is 11.2. The standard InChI is InChI=1S/C28H46N2O3/c1-19(2)22-8-10-27(3)11-12-28(4)23(26(22)27)7-6-20(18-30-14-13-29-5)16-24(28)33-25-17-21(31)9-15-32-25/h6-7,19,21,24-25,29-31H,8-18H2,1-5H3/t21?,24?,25?,27?,28-/m1/s1. The molecule has 0 spiro atoms. The van der Waals surface area contributed by atoms with Gasteiger partial charge in [0.15, 0.2) is 6.29 Å². The summed E-state index contributed by atoms with van der Waals surface area (Å²) in [7, 11) is 1.99. The number of allylic oxidation sites excluding steroid dienone is 4. The predicted octanol–water partition coefficient (Wildman–Crippen LogP) is 4.49. The van der Waals surface area contributed by atoms with Crippen molar-refractivity contribution in [1.82, 2.24) is 10.6 Å². The highest BCUT2D eigenvalue weighted by Gasteiger charge is 2.52. The van der Waals surface area contributed by atoms with Crippen LogP contribution in [0.1, 0.15) is 72.6 Å². The van der Waals surface area contributed by atoms with Crippen LogP contribution in [0.15, 0.2) is 34.4 Å². The van der Waals surface area contributed by atoms with Gasteiger partial charge in [-0.1, -0.05) is 51.0 Å². The van der Waals surface area contributed by atoms with Gasteiger partial charge in [0.2, 0.25) is 0 Å². The fourth-order valence-corrected chi connectivity index (χ4v) is 6.48. The topological polar surface area (TPSA) is 62.8 Å². The van der Waals surface area contributed by atoms with E-state index < -0.39 is 0 Å². The number of hydrogen-bond acceptors (Lipinski definition) is 5. The molecule has 5 heteroatoms. The van der Waals surface area contributed by atoms with Gasteiger partial charge < -0.3 is 25.2 Å². The number of likely N-dealkylation sites (N-methyl/N-ethyl adjacent to an activating group) is 1. The quantitative estimate of drug-likeness (QED) is 0.468. The molecule has 0 bridgehead atoms. The van der Waals surface area contributed by atoms with Gasteiger partial charge in [-0.15, -0.1) is 0 Å². The van der Waals surface area contributed by atoms with E-state index in [-0.39, 0.29) is 29.3 Å². The first kappa shape index (κ1) is 25.1. The number of fused-ring (bicyclic) bond motifs is 3. The summed E-state index contributed by atoms with van der Waals surface area (Å²) in [5, 5.41) is 17.0. The molecule has 3 N–H and O–H groups in total. The predicted molar refractivity (Wildman–Crippen MR) is 134 cm³/mol. The van der Waals surface area contributed by atoms with E-state index in [0.29, 0.717) is 25.4 Å². The van der Waals surface area contributed by atoms with Crippen LogP contribution in [-0.4, -0.2) is 56.9 Å². The number of rotatable bonds is 8. The number of hydrogen-bond donors (Lipinski definition) is 3. The Balaban J connectivity index is 1.67. The molecular formula is C28H46N2O3. The Hall–Kier alpha value is -0.980. The summed E-state index contributed by atoms with van der Waals surface area (Å²) in [6.45, 7) is 13.0. The number of ether oxygens (including phenoxy) is 2. The van der Waals surface area contributed by atoms with Gasteiger partial charge in [0.05, 0.1) is 18.8 Å². The molecule has 0 radical (unpaired) electrons. The average Bonchev–Trinajstić information content (AvgIpc) is 3.06. The minimum absolute atomic E-state index is 0.0463. The molecule has 4 unspecified atom stereocenters. The van der Waals surface area contributed by atoms with Crippen molar-refractivity contribution in [3.8, 4) is 0 Å². The summed E-state index contributed by atoms with van der Waals surface area (Å²) < 4.78 is 12.7. The molecule has 3 aliphatic carbocycles. The number of nitrogens with one attached hydrogen (secondary N) is 2. The Morgan fingerprint density at radius 2 is 2.00 bits per heavy atom. The molecular weight excluding hydrogens is 412 g/mol. The van der Waals surface area contributed by atoms with Crippen LogP contribution in [0.25, 0.3) is 0 Å². The normalized spacial score (nSPS) is 36.9. The van der Waals surface area contributed by atoms with Crippen LogP contribution < -0.4 is 10.6 Å². The van der Waals surface area contributed by atoms with Gasteiger partial charge in [-0.2, -0.15) is 0 Å². The number of aliphatic hydroxyl groups is 1. The van der Waals surface area contributed by atoms with Crippen molar-refractivity contribution in [2.24, 2.45) is 16.7 Å². The highest BCUT2D eigenvalue weighted by molar-refractivity contribution is 5.52. The molecule has 33 heavy (non-hydrogen) atoms. The average molecular weight is 459 g/mol. The first-order valence-corrected chi connectivity index (χ1v) is 13.2. The van der Waals surface area contributed by atoms with Crippen LogP contribution in [0.5, 0.6) is 0 Å². The van der Waals surface area contributed by atoms with E-state index in [1.807, 2.05) is 7.05 Å². The molecule has 5 nitrogen and oxygen atoms in total. The Bertz CT molecular complexity index is 801. The van der Waals surface area contributed by atoms with E-state index in [0.717, 1.165) is 32.5 Å². The highest BCUT2D eigenvalue weighted by atomic mass is 16.7. The van der Waals surface area contributed by atoms with Crippen molar-refractivity contribution in [2.45, 2.75) is 91.1 Å². The maximum Gasteiger partial charge on any atom is 0.160 e. The minimum atomic E-state index is -0.324. The van der Waals surface area contributed by atoms with Gasteiger partial charge in [-0.25, -0.2) is 0 Å². The molecule has 4 aliphatic rings. The molecule has 0 amide bonds. The maximum absolute atomic E-state index is 10.2. The third kappa shape index (κ3) is 5.18. The first-order chi connectivity index (χ1) is 15.8. The minimum Gasteiger partial charge on any atom is -0.393 e. The van der Waals surface area contributed by atoms with Crippen molar-refractivity contribution in [3.63, 3.8) is 0 Å². The third-order valence-corrected chi connectivity index (χ3v) is 8.73. The van der Waals surface area contributed by atoms with Crippen molar-refractivity contribution < 1.29 is 14.6 Å². The van der Waals surface area contributed by atoms with Crippen LogP contribution in [0.2, 0.25) is 0 Å². The second-order valence-corrected chi connectivity index (χ2v) is 11.5. The van der Waals surface area contributed by atoms with Gasteiger partial charge in [-0.3, -0.25) is 0 Å². The molecule has 186 valence electrons. The lowest BCUT2D eigenvalue weighted by Gasteiger charge is -2.50. The fourth-order valence-electron chi connectivity index (χ4n) is 6.48. The fraction of sp³-hybridized carbons (Fsp3) is 0.786. The van der Waals surface area contributed by atoms with Gasteiger partial charge in [0, 0.05) is 31.5 Å². The molecule has 4 rings (SSSR count). The molecule has 2 fully saturated rings. The second-order valence-electron chi connectivity index (χ2n) is 11.5. The SMILES string of the molecule is CNCCNCC1=CC=C2C3=C(C(C)C)CCC3(C)CC[C@@]2(C)C(OC2CC(O)CCO2)C1. The first-order valence-electron chi connectivity index (χ1n) is 13.2. The monoisotopic (exact) mass is 458 g/mol. The highest BCUT2D eigenvalue weighted by Crippen LogP contribution is 2.62. The van der Waals surface area contributed by atoms with Crippen LogP contribution in [0.4, 0.5) is 0 Å². The Kier molecular flexibility index (Phi) is 7.86. The molecule has 0 aromatic rings. The lowest BCUT2D eigenvalue weighted by molar-refractivity contribution is -0.223. The van der Waals surface area contributed by atoms with Crippen molar-refractivity contribution >= 4 is 0 Å². The number of aliphatic hydroxyl groups excluding tert-OH is 1. The molecule has 0 aromatic heterocycles. The summed E-state index contributed by atoms with van der Waals surface area (Å²) in [4.78, 5) is 0. The molecule has 1 saturated heterocycles. The van der Waals surface area contributed by atoms with Crippen LogP contribution in [0.3, 0.4) is 0 Å². The Labute approximate surface area is 201 Å². The van der Waals surface area contributed by atoms with Crippen LogP contribution in [0, 0.1) is 16.7 Å². The van der Waals surface area contributed by atoms with E-state index in [1.54, 1.807) is 11.1 Å². The molecule has 1 aliphatic heterocycles. The summed E-state index contributed by atoms with van der Waals surface area (Å²) in [5.74, 6) is 0.580. The van der Waals surface area contributed by atoms with E-state index in [1.165, 1.54) is 30.4 Å². The van der Waals surface area contributed by atoms with E-state index in [4.69, 9.17) is 9.47 Å². The molecule has 5 atom stereocenters. The molecule has 1 saturated carbocycles. The Morgan fingerprint density at radius 1 is 1.18 bits per heavy atom. The Morgan fingerprint density at radius 3 is 2.73 bits per heavy atom. The smallest absolute Gasteiger partial charge is 0.160 e. The zero-order valence-corrected chi connectivity index (χ0v) is 21.5. The maximum atomic E-state index is 10.2. The lowest BCUT2D eigenvalue weighted by atomic mass is 9.57. The zero-order valence-electron chi connectivity index (χ0n) is 21.5. The van der Waals surface area contributed by atoms with E-state index >= 15 is 0 Å². The van der Waals surface area contributed by atoms with Crippen molar-refractivity contribution in [2.75, 3.05) is 33.3 Å².